The molecule has 0 spiro atoms. The maximum atomic E-state index is 12.5. The quantitative estimate of drug-likeness (QED) is 0.546. The maximum Gasteiger partial charge on any atom is 0.253 e. The van der Waals surface area contributed by atoms with Crippen molar-refractivity contribution in [2.75, 3.05) is 18.4 Å². The van der Waals surface area contributed by atoms with E-state index in [9.17, 15) is 9.59 Å². The number of carbonyl (C=O) groups is 2. The summed E-state index contributed by atoms with van der Waals surface area (Å²) in [5, 5.41) is 7.49. The molecular weight excluding hydrogens is 428 g/mol. The predicted molar refractivity (Wildman–Crippen MR) is 123 cm³/mol. The highest BCUT2D eigenvalue weighted by Gasteiger charge is 2.18. The van der Waals surface area contributed by atoms with Crippen LogP contribution >= 0.6 is 11.6 Å². The summed E-state index contributed by atoms with van der Waals surface area (Å²) < 4.78 is 5.27. The van der Waals surface area contributed by atoms with Gasteiger partial charge in [-0.15, -0.1) is 0 Å². The molecule has 0 saturated carbocycles. The van der Waals surface area contributed by atoms with Gasteiger partial charge in [0.05, 0.1) is 0 Å². The minimum atomic E-state index is -0.0995. The highest BCUT2D eigenvalue weighted by atomic mass is 35.5. The number of aryl methyl sites for hydroxylation is 1. The molecule has 0 unspecified atom stereocenters. The van der Waals surface area contributed by atoms with Gasteiger partial charge in [-0.3, -0.25) is 9.59 Å². The molecular formula is C24H25ClN4O3. The largest absolute Gasteiger partial charge is 0.339 e. The third-order valence-corrected chi connectivity index (χ3v) is 5.68. The molecule has 166 valence electrons. The molecule has 1 aromatic heterocycles. The number of aromatic nitrogens is 2. The van der Waals surface area contributed by atoms with E-state index in [1.807, 2.05) is 17.0 Å². The van der Waals surface area contributed by atoms with Crippen molar-refractivity contribution in [3.63, 3.8) is 0 Å². The number of carbonyl (C=O) groups excluding carboxylic acids is 2. The van der Waals surface area contributed by atoms with Gasteiger partial charge in [0.15, 0.2) is 0 Å². The van der Waals surface area contributed by atoms with Crippen molar-refractivity contribution in [1.29, 1.82) is 0 Å². The summed E-state index contributed by atoms with van der Waals surface area (Å²) >= 11 is 5.90. The predicted octanol–water partition coefficient (Wildman–Crippen LogP) is 4.98. The van der Waals surface area contributed by atoms with Gasteiger partial charge < -0.3 is 14.7 Å². The fraction of sp³-hybridized carbons (Fsp3) is 0.333. The van der Waals surface area contributed by atoms with Crippen LogP contribution in [0.25, 0.3) is 11.4 Å². The Morgan fingerprint density at radius 1 is 1.00 bits per heavy atom. The topological polar surface area (TPSA) is 88.3 Å². The first-order chi connectivity index (χ1) is 15.6. The summed E-state index contributed by atoms with van der Waals surface area (Å²) in [6.45, 7) is 1.64. The van der Waals surface area contributed by atoms with Gasteiger partial charge in [-0.1, -0.05) is 16.8 Å². The number of likely N-dealkylation sites (tertiary alicyclic amines) is 1. The van der Waals surface area contributed by atoms with Crippen LogP contribution in [0, 0.1) is 0 Å². The summed E-state index contributed by atoms with van der Waals surface area (Å²) in [7, 11) is 0. The Morgan fingerprint density at radius 3 is 2.44 bits per heavy atom. The summed E-state index contributed by atoms with van der Waals surface area (Å²) in [5.74, 6) is 0.946. The number of anilines is 1. The molecule has 2 aromatic carbocycles. The minimum absolute atomic E-state index is 0.0557. The molecule has 1 aliphatic rings. The van der Waals surface area contributed by atoms with Gasteiger partial charge in [-0.05, 0) is 74.2 Å². The monoisotopic (exact) mass is 452 g/mol. The Balaban J connectivity index is 1.23. The molecule has 8 heteroatoms. The van der Waals surface area contributed by atoms with Gasteiger partial charge in [-0.25, -0.2) is 0 Å². The molecule has 1 N–H and O–H groups in total. The Morgan fingerprint density at radius 2 is 1.72 bits per heavy atom. The molecule has 2 heterocycles. The number of hydrogen-bond donors (Lipinski definition) is 1. The normalized spacial score (nSPS) is 13.7. The summed E-state index contributed by atoms with van der Waals surface area (Å²) in [6, 6.07) is 14.3. The third-order valence-electron chi connectivity index (χ3n) is 5.42. The van der Waals surface area contributed by atoms with Gasteiger partial charge in [0.2, 0.25) is 17.6 Å². The fourth-order valence-corrected chi connectivity index (χ4v) is 3.80. The molecule has 32 heavy (non-hydrogen) atoms. The molecule has 0 aliphatic carbocycles. The lowest BCUT2D eigenvalue weighted by molar-refractivity contribution is -0.116. The number of rotatable bonds is 7. The number of halogens is 1. The van der Waals surface area contributed by atoms with Crippen molar-refractivity contribution >= 4 is 29.1 Å². The van der Waals surface area contributed by atoms with E-state index in [1.54, 1.807) is 36.4 Å². The van der Waals surface area contributed by atoms with Gasteiger partial charge in [0.25, 0.3) is 5.91 Å². The smallest absolute Gasteiger partial charge is 0.253 e. The van der Waals surface area contributed by atoms with Crippen LogP contribution in [0.1, 0.15) is 48.4 Å². The van der Waals surface area contributed by atoms with Crippen molar-refractivity contribution in [1.82, 2.24) is 15.0 Å². The average Bonchev–Trinajstić information content (AvgIpc) is 3.29. The van der Waals surface area contributed by atoms with Crippen LogP contribution in [0.3, 0.4) is 0 Å². The lowest BCUT2D eigenvalue weighted by atomic mass is 10.1. The zero-order valence-electron chi connectivity index (χ0n) is 17.7. The van der Waals surface area contributed by atoms with E-state index in [0.29, 0.717) is 47.3 Å². The van der Waals surface area contributed by atoms with E-state index in [1.165, 1.54) is 6.42 Å². The first kappa shape index (κ1) is 22.0. The van der Waals surface area contributed by atoms with Crippen LogP contribution in [0.15, 0.2) is 53.1 Å². The molecule has 7 nitrogen and oxygen atoms in total. The van der Waals surface area contributed by atoms with Crippen molar-refractivity contribution in [2.24, 2.45) is 0 Å². The van der Waals surface area contributed by atoms with E-state index in [0.717, 1.165) is 31.5 Å². The second-order valence-electron chi connectivity index (χ2n) is 7.85. The van der Waals surface area contributed by atoms with Gasteiger partial charge in [0.1, 0.15) is 0 Å². The van der Waals surface area contributed by atoms with E-state index in [4.69, 9.17) is 16.1 Å². The third kappa shape index (κ3) is 5.73. The lowest BCUT2D eigenvalue weighted by Crippen LogP contribution is -2.35. The Kier molecular flexibility index (Phi) is 7.17. The van der Waals surface area contributed by atoms with Crippen molar-refractivity contribution in [3.8, 4) is 11.4 Å². The van der Waals surface area contributed by atoms with E-state index in [2.05, 4.69) is 15.5 Å². The Hall–Kier alpha value is -3.19. The molecule has 1 saturated heterocycles. The molecule has 1 aliphatic heterocycles. The van der Waals surface area contributed by atoms with Crippen LogP contribution in [0.5, 0.6) is 0 Å². The molecule has 2 amide bonds. The van der Waals surface area contributed by atoms with Crippen LogP contribution in [0.4, 0.5) is 5.69 Å². The van der Waals surface area contributed by atoms with Crippen LogP contribution in [-0.4, -0.2) is 39.9 Å². The number of nitrogens with zero attached hydrogens (tertiary/aromatic N) is 3. The first-order valence-electron chi connectivity index (χ1n) is 10.9. The van der Waals surface area contributed by atoms with E-state index < -0.39 is 0 Å². The number of amides is 2. The standard InChI is InChI=1S/C24H25ClN4O3/c25-19-11-7-17(8-12-19)23-27-22(32-28-23)6-4-5-21(30)26-20-13-9-18(10-14-20)24(31)29-15-2-1-3-16-29/h7-14H,1-6,15-16H2,(H,26,30). The zero-order valence-corrected chi connectivity index (χ0v) is 18.5. The van der Waals surface area contributed by atoms with Crippen molar-refractivity contribution in [3.05, 3.63) is 65.0 Å². The molecule has 0 bridgehead atoms. The number of hydrogen-bond acceptors (Lipinski definition) is 5. The number of nitrogens with one attached hydrogen (secondary N) is 1. The number of benzene rings is 2. The first-order valence-corrected chi connectivity index (χ1v) is 11.2. The van der Waals surface area contributed by atoms with E-state index >= 15 is 0 Å². The second kappa shape index (κ2) is 10.4. The van der Waals surface area contributed by atoms with Gasteiger partial charge >= 0.3 is 0 Å². The van der Waals surface area contributed by atoms with Crippen LogP contribution in [-0.2, 0) is 11.2 Å². The fourth-order valence-electron chi connectivity index (χ4n) is 3.67. The van der Waals surface area contributed by atoms with Gasteiger partial charge in [0, 0.05) is 47.8 Å². The second-order valence-corrected chi connectivity index (χ2v) is 8.29. The van der Waals surface area contributed by atoms with Crippen molar-refractivity contribution < 1.29 is 14.1 Å². The highest BCUT2D eigenvalue weighted by Crippen LogP contribution is 2.19. The Bertz CT molecular complexity index is 1060. The number of piperidine rings is 1. The Labute approximate surface area is 191 Å². The molecule has 3 aromatic rings. The summed E-state index contributed by atoms with van der Waals surface area (Å²) in [4.78, 5) is 31.1. The van der Waals surface area contributed by atoms with E-state index in [-0.39, 0.29) is 11.8 Å². The maximum absolute atomic E-state index is 12.5. The summed E-state index contributed by atoms with van der Waals surface area (Å²) in [6.07, 6.45) is 4.73. The van der Waals surface area contributed by atoms with Gasteiger partial charge in [-0.2, -0.15) is 4.98 Å². The van der Waals surface area contributed by atoms with Crippen LogP contribution < -0.4 is 5.32 Å². The molecule has 1 fully saturated rings. The summed E-state index contributed by atoms with van der Waals surface area (Å²) in [5.41, 5.74) is 2.15. The van der Waals surface area contributed by atoms with Crippen LogP contribution in [0.2, 0.25) is 5.02 Å². The minimum Gasteiger partial charge on any atom is -0.339 e. The molecule has 4 rings (SSSR count). The average molecular weight is 453 g/mol. The molecule has 0 radical (unpaired) electrons. The lowest BCUT2D eigenvalue weighted by Gasteiger charge is -2.26. The SMILES string of the molecule is O=C(CCCc1nc(-c2ccc(Cl)cc2)no1)Nc1ccc(C(=O)N2CCCCC2)cc1. The molecule has 0 atom stereocenters. The zero-order chi connectivity index (χ0) is 22.3. The highest BCUT2D eigenvalue weighted by molar-refractivity contribution is 6.30. The van der Waals surface area contributed by atoms with Crippen molar-refractivity contribution in [2.45, 2.75) is 38.5 Å².